The third-order valence-electron chi connectivity index (χ3n) is 3.95. The molecule has 2 aromatic rings. The first-order chi connectivity index (χ1) is 12.1. The van der Waals surface area contributed by atoms with Gasteiger partial charge in [-0.05, 0) is 35.6 Å². The molecule has 2 rings (SSSR count). The molecule has 5 heteroatoms. The third kappa shape index (κ3) is 6.30. The van der Waals surface area contributed by atoms with Crippen molar-refractivity contribution in [2.24, 2.45) is 0 Å². The molecule has 1 amide bonds. The number of benzene rings is 2. The molecule has 0 radical (unpaired) electrons. The topological polar surface area (TPSA) is 75.6 Å². The van der Waals surface area contributed by atoms with Crippen LogP contribution in [0.5, 0.6) is 5.75 Å². The Labute approximate surface area is 147 Å². The van der Waals surface area contributed by atoms with Crippen molar-refractivity contribution in [3.05, 3.63) is 65.7 Å². The van der Waals surface area contributed by atoms with Crippen molar-refractivity contribution in [2.45, 2.75) is 32.2 Å². The lowest BCUT2D eigenvalue weighted by Crippen LogP contribution is -2.24. The molecule has 0 aliphatic carbocycles. The van der Waals surface area contributed by atoms with E-state index in [1.165, 1.54) is 5.56 Å². The van der Waals surface area contributed by atoms with Crippen molar-refractivity contribution in [1.29, 1.82) is 0 Å². The molecule has 0 aromatic heterocycles. The Morgan fingerprint density at radius 3 is 2.56 bits per heavy atom. The highest BCUT2D eigenvalue weighted by Crippen LogP contribution is 2.22. The number of nitrogens with one attached hydrogen (secondary N) is 1. The highest BCUT2D eigenvalue weighted by molar-refractivity contribution is 5.76. The first-order valence-corrected chi connectivity index (χ1v) is 8.33. The lowest BCUT2D eigenvalue weighted by molar-refractivity contribution is -0.139. The molecule has 5 nitrogen and oxygen atoms in total. The van der Waals surface area contributed by atoms with E-state index in [2.05, 4.69) is 12.2 Å². The number of ether oxygens (including phenoxy) is 1. The van der Waals surface area contributed by atoms with Gasteiger partial charge in [0, 0.05) is 13.0 Å². The normalized spacial score (nSPS) is 11.6. The maximum absolute atomic E-state index is 12.2. The predicted octanol–water partition coefficient (Wildman–Crippen LogP) is 3.35. The summed E-state index contributed by atoms with van der Waals surface area (Å²) in [6.45, 7) is 2.08. The average Bonchev–Trinajstić information content (AvgIpc) is 2.64. The van der Waals surface area contributed by atoms with E-state index in [0.29, 0.717) is 18.7 Å². The Morgan fingerprint density at radius 2 is 1.88 bits per heavy atom. The quantitative estimate of drug-likeness (QED) is 0.733. The lowest BCUT2D eigenvalue weighted by Gasteiger charge is -2.15. The van der Waals surface area contributed by atoms with Gasteiger partial charge in [0.1, 0.15) is 5.75 Å². The minimum absolute atomic E-state index is 0.00689. The first kappa shape index (κ1) is 18.5. The fourth-order valence-electron chi connectivity index (χ4n) is 2.61. The van der Waals surface area contributed by atoms with E-state index in [1.54, 1.807) is 18.2 Å². The molecule has 0 aliphatic rings. The Balaban J connectivity index is 1.87. The summed E-state index contributed by atoms with van der Waals surface area (Å²) in [5.41, 5.74) is 2.04. The van der Waals surface area contributed by atoms with E-state index in [0.717, 1.165) is 12.0 Å². The van der Waals surface area contributed by atoms with E-state index in [9.17, 15) is 9.59 Å². The van der Waals surface area contributed by atoms with Crippen LogP contribution in [0.3, 0.4) is 0 Å². The molecule has 2 N–H and O–H groups in total. The number of amides is 1. The van der Waals surface area contributed by atoms with Crippen molar-refractivity contribution < 1.29 is 19.4 Å². The molecular weight excluding hydrogens is 318 g/mol. The molecule has 0 bridgehead atoms. The van der Waals surface area contributed by atoms with Gasteiger partial charge < -0.3 is 15.2 Å². The molecule has 0 saturated heterocycles. The average molecular weight is 341 g/mol. The summed E-state index contributed by atoms with van der Waals surface area (Å²) in [5.74, 6) is -0.353. The molecule has 0 saturated carbocycles. The van der Waals surface area contributed by atoms with Gasteiger partial charge in [-0.3, -0.25) is 4.79 Å². The van der Waals surface area contributed by atoms with Crippen LogP contribution in [0.1, 0.15) is 36.8 Å². The zero-order valence-electron chi connectivity index (χ0n) is 14.3. The Bertz CT molecular complexity index is 700. The second-order valence-corrected chi connectivity index (χ2v) is 5.83. The molecule has 25 heavy (non-hydrogen) atoms. The van der Waals surface area contributed by atoms with Gasteiger partial charge in [0.15, 0.2) is 6.61 Å². The number of aliphatic carboxylic acids is 1. The van der Waals surface area contributed by atoms with Crippen LogP contribution in [-0.2, 0) is 16.1 Å². The van der Waals surface area contributed by atoms with Crippen LogP contribution in [0.4, 0.5) is 0 Å². The van der Waals surface area contributed by atoms with Crippen LogP contribution in [0.2, 0.25) is 0 Å². The molecule has 0 aliphatic heterocycles. The Kier molecular flexibility index (Phi) is 7.01. The highest BCUT2D eigenvalue weighted by atomic mass is 16.5. The Morgan fingerprint density at radius 1 is 1.12 bits per heavy atom. The van der Waals surface area contributed by atoms with E-state index < -0.39 is 5.97 Å². The van der Waals surface area contributed by atoms with Crippen LogP contribution in [0.15, 0.2) is 54.6 Å². The maximum atomic E-state index is 12.2. The summed E-state index contributed by atoms with van der Waals surface area (Å²) in [7, 11) is 0. The van der Waals surface area contributed by atoms with Gasteiger partial charge in [-0.1, -0.05) is 49.4 Å². The molecule has 1 atom stereocenters. The number of hydrogen-bond donors (Lipinski definition) is 2. The van der Waals surface area contributed by atoms with E-state index in [-0.39, 0.29) is 18.4 Å². The smallest absolute Gasteiger partial charge is 0.341 e. The van der Waals surface area contributed by atoms with E-state index >= 15 is 0 Å². The van der Waals surface area contributed by atoms with Crippen LogP contribution in [0.25, 0.3) is 0 Å². The number of carboxylic acids is 1. The largest absolute Gasteiger partial charge is 0.482 e. The molecule has 0 heterocycles. The molecule has 0 fully saturated rings. The van der Waals surface area contributed by atoms with Gasteiger partial charge in [0.05, 0.1) is 0 Å². The second kappa shape index (κ2) is 9.47. The van der Waals surface area contributed by atoms with Crippen molar-refractivity contribution >= 4 is 11.9 Å². The van der Waals surface area contributed by atoms with Gasteiger partial charge in [-0.25, -0.2) is 4.79 Å². The van der Waals surface area contributed by atoms with E-state index in [1.807, 2.05) is 36.4 Å². The minimum atomic E-state index is -1.02. The number of rotatable bonds is 9. The fraction of sp³-hybridized carbons (Fsp3) is 0.300. The number of carboxylic acid groups (broad SMARTS) is 1. The third-order valence-corrected chi connectivity index (χ3v) is 3.95. The summed E-state index contributed by atoms with van der Waals surface area (Å²) in [6.07, 6.45) is 1.34. The number of hydrogen-bond acceptors (Lipinski definition) is 3. The molecule has 0 spiro atoms. The highest BCUT2D eigenvalue weighted by Gasteiger charge is 2.14. The number of carbonyl (C=O) groups is 2. The van der Waals surface area contributed by atoms with Gasteiger partial charge in [0.25, 0.3) is 0 Å². The van der Waals surface area contributed by atoms with Gasteiger partial charge in [0.2, 0.25) is 5.91 Å². The van der Waals surface area contributed by atoms with Crippen LogP contribution >= 0.6 is 0 Å². The zero-order valence-corrected chi connectivity index (χ0v) is 14.3. The van der Waals surface area contributed by atoms with Gasteiger partial charge >= 0.3 is 5.97 Å². The summed E-state index contributed by atoms with van der Waals surface area (Å²) in [4.78, 5) is 22.8. The molecule has 2 aromatic carbocycles. The van der Waals surface area contributed by atoms with E-state index in [4.69, 9.17) is 9.84 Å². The summed E-state index contributed by atoms with van der Waals surface area (Å²) in [6, 6.07) is 17.1. The van der Waals surface area contributed by atoms with Gasteiger partial charge in [-0.15, -0.1) is 0 Å². The van der Waals surface area contributed by atoms with Crippen molar-refractivity contribution in [3.63, 3.8) is 0 Å². The minimum Gasteiger partial charge on any atom is -0.482 e. The van der Waals surface area contributed by atoms with Crippen molar-refractivity contribution in [3.8, 4) is 5.75 Å². The maximum Gasteiger partial charge on any atom is 0.341 e. The van der Waals surface area contributed by atoms with Crippen molar-refractivity contribution in [1.82, 2.24) is 5.32 Å². The lowest BCUT2D eigenvalue weighted by atomic mass is 9.93. The fourth-order valence-corrected chi connectivity index (χ4v) is 2.61. The van der Waals surface area contributed by atoms with Crippen LogP contribution < -0.4 is 10.1 Å². The molecule has 132 valence electrons. The monoisotopic (exact) mass is 341 g/mol. The van der Waals surface area contributed by atoms with Crippen LogP contribution in [0, 0.1) is 0 Å². The Hall–Kier alpha value is -2.82. The predicted molar refractivity (Wildman–Crippen MR) is 95.5 cm³/mol. The summed E-state index contributed by atoms with van der Waals surface area (Å²) in [5, 5.41) is 11.6. The van der Waals surface area contributed by atoms with Crippen LogP contribution in [-0.4, -0.2) is 23.6 Å². The first-order valence-electron chi connectivity index (χ1n) is 8.33. The second-order valence-electron chi connectivity index (χ2n) is 5.83. The number of carbonyl (C=O) groups excluding carboxylic acids is 1. The summed E-state index contributed by atoms with van der Waals surface area (Å²) < 4.78 is 5.14. The molecule has 1 unspecified atom stereocenters. The standard InChI is InChI=1S/C20H23NO4/c1-2-16(17-8-4-3-5-9-17)12-19(22)21-13-15-7-6-10-18(11-15)25-14-20(23)24/h3-11,16H,2,12-14H2,1H3,(H,21,22)(H,23,24). The van der Waals surface area contributed by atoms with Crippen molar-refractivity contribution in [2.75, 3.05) is 6.61 Å². The SMILES string of the molecule is CCC(CC(=O)NCc1cccc(OCC(=O)O)c1)c1ccccc1. The molecular formula is C20H23NO4. The zero-order chi connectivity index (χ0) is 18.1. The summed E-state index contributed by atoms with van der Waals surface area (Å²) >= 11 is 0. The van der Waals surface area contributed by atoms with Gasteiger partial charge in [-0.2, -0.15) is 0 Å².